The van der Waals surface area contributed by atoms with Gasteiger partial charge in [-0.05, 0) is 19.1 Å². The van der Waals surface area contributed by atoms with Crippen LogP contribution < -0.4 is 5.32 Å². The second-order valence-electron chi connectivity index (χ2n) is 5.62. The maximum Gasteiger partial charge on any atom is 0.317 e. The number of amides is 2. The molecule has 0 spiro atoms. The maximum absolute atomic E-state index is 12.1. The maximum atomic E-state index is 12.1. The summed E-state index contributed by atoms with van der Waals surface area (Å²) in [5, 5.41) is 2.92. The summed E-state index contributed by atoms with van der Waals surface area (Å²) in [4.78, 5) is 18.3. The van der Waals surface area contributed by atoms with Crippen LogP contribution in [0.1, 0.15) is 12.6 Å². The molecule has 0 bridgehead atoms. The number of rotatable bonds is 4. The highest BCUT2D eigenvalue weighted by Gasteiger charge is 2.20. The molecule has 1 N–H and O–H groups in total. The van der Waals surface area contributed by atoms with Gasteiger partial charge >= 0.3 is 6.03 Å². The first-order valence-corrected chi connectivity index (χ1v) is 7.86. The fourth-order valence-corrected chi connectivity index (χ4v) is 2.55. The number of carbonyl (C=O) groups is 1. The zero-order valence-electron chi connectivity index (χ0n) is 13.2. The Morgan fingerprint density at radius 2 is 2.22 bits per heavy atom. The van der Waals surface area contributed by atoms with E-state index in [9.17, 15) is 4.79 Å². The van der Waals surface area contributed by atoms with Crippen LogP contribution in [0.4, 0.5) is 4.79 Å². The third kappa shape index (κ3) is 4.10. The molecular formula is C17H21N3O3. The van der Waals surface area contributed by atoms with Gasteiger partial charge in [-0.25, -0.2) is 9.78 Å². The van der Waals surface area contributed by atoms with Crippen molar-refractivity contribution in [2.45, 2.75) is 19.4 Å². The van der Waals surface area contributed by atoms with Crippen molar-refractivity contribution in [2.24, 2.45) is 0 Å². The Labute approximate surface area is 135 Å². The van der Waals surface area contributed by atoms with Crippen LogP contribution in [-0.2, 0) is 11.2 Å². The Morgan fingerprint density at radius 3 is 3.00 bits per heavy atom. The zero-order chi connectivity index (χ0) is 16.1. The summed E-state index contributed by atoms with van der Waals surface area (Å²) in [5.41, 5.74) is 1.78. The van der Waals surface area contributed by atoms with Crippen molar-refractivity contribution in [3.63, 3.8) is 0 Å². The van der Waals surface area contributed by atoms with Gasteiger partial charge < -0.3 is 19.4 Å². The molecule has 1 fully saturated rings. The molecule has 1 aromatic heterocycles. The molecule has 3 rings (SSSR count). The monoisotopic (exact) mass is 315 g/mol. The second kappa shape index (κ2) is 7.28. The average molecular weight is 315 g/mol. The summed E-state index contributed by atoms with van der Waals surface area (Å²) >= 11 is 0. The minimum Gasteiger partial charge on any atom is -0.444 e. The molecule has 6 heteroatoms. The van der Waals surface area contributed by atoms with Gasteiger partial charge in [-0.15, -0.1) is 0 Å². The van der Waals surface area contributed by atoms with Gasteiger partial charge in [-0.2, -0.15) is 0 Å². The minimum atomic E-state index is -0.0491. The summed E-state index contributed by atoms with van der Waals surface area (Å²) < 4.78 is 10.9. The molecule has 6 nitrogen and oxygen atoms in total. The van der Waals surface area contributed by atoms with Crippen LogP contribution in [0.3, 0.4) is 0 Å². The van der Waals surface area contributed by atoms with Gasteiger partial charge in [0.05, 0.1) is 18.4 Å². The summed E-state index contributed by atoms with van der Waals surface area (Å²) in [6.07, 6.45) is 2.38. The summed E-state index contributed by atoms with van der Waals surface area (Å²) in [7, 11) is 0. The SMILES string of the molecule is C[C@H]1CN(C(=O)NCCc2coc(-c3ccccc3)n2)CCO1. The second-order valence-corrected chi connectivity index (χ2v) is 5.62. The molecule has 2 amide bonds. The lowest BCUT2D eigenvalue weighted by Crippen LogP contribution is -2.49. The number of aromatic nitrogens is 1. The van der Waals surface area contributed by atoms with Crippen molar-refractivity contribution in [2.75, 3.05) is 26.2 Å². The molecule has 0 saturated carbocycles. The van der Waals surface area contributed by atoms with Gasteiger partial charge in [0, 0.05) is 31.6 Å². The highest BCUT2D eigenvalue weighted by Crippen LogP contribution is 2.17. The number of ether oxygens (including phenoxy) is 1. The van der Waals surface area contributed by atoms with Crippen molar-refractivity contribution in [1.29, 1.82) is 0 Å². The Hall–Kier alpha value is -2.34. The van der Waals surface area contributed by atoms with E-state index in [-0.39, 0.29) is 12.1 Å². The number of hydrogen-bond donors (Lipinski definition) is 1. The smallest absolute Gasteiger partial charge is 0.317 e. The molecule has 0 aliphatic carbocycles. The molecule has 0 radical (unpaired) electrons. The Balaban J connectivity index is 1.47. The van der Waals surface area contributed by atoms with Crippen molar-refractivity contribution in [1.82, 2.24) is 15.2 Å². The lowest BCUT2D eigenvalue weighted by atomic mass is 10.2. The zero-order valence-corrected chi connectivity index (χ0v) is 13.2. The number of urea groups is 1. The highest BCUT2D eigenvalue weighted by molar-refractivity contribution is 5.74. The van der Waals surface area contributed by atoms with Crippen molar-refractivity contribution in [3.8, 4) is 11.5 Å². The molecule has 1 atom stereocenters. The van der Waals surface area contributed by atoms with E-state index in [1.165, 1.54) is 0 Å². The largest absolute Gasteiger partial charge is 0.444 e. The number of hydrogen-bond acceptors (Lipinski definition) is 4. The standard InChI is InChI=1S/C17H21N3O3/c1-13-11-20(9-10-22-13)17(21)18-8-7-15-12-23-16(19-15)14-5-3-2-4-6-14/h2-6,12-13H,7-11H2,1H3,(H,18,21)/t13-/m0/s1. The number of oxazole rings is 1. The van der Waals surface area contributed by atoms with E-state index in [2.05, 4.69) is 10.3 Å². The fraction of sp³-hybridized carbons (Fsp3) is 0.412. The van der Waals surface area contributed by atoms with E-state index in [1.54, 1.807) is 11.2 Å². The molecule has 23 heavy (non-hydrogen) atoms. The Morgan fingerprint density at radius 1 is 1.39 bits per heavy atom. The lowest BCUT2D eigenvalue weighted by molar-refractivity contribution is -0.00343. The van der Waals surface area contributed by atoms with Crippen LogP contribution in [0.25, 0.3) is 11.5 Å². The van der Waals surface area contributed by atoms with Gasteiger partial charge in [0.2, 0.25) is 5.89 Å². The van der Waals surface area contributed by atoms with E-state index in [1.807, 2.05) is 37.3 Å². The average Bonchev–Trinajstić information content (AvgIpc) is 3.04. The Kier molecular flexibility index (Phi) is 4.92. The van der Waals surface area contributed by atoms with Gasteiger partial charge in [0.15, 0.2) is 0 Å². The van der Waals surface area contributed by atoms with Gasteiger partial charge in [-0.3, -0.25) is 0 Å². The van der Waals surface area contributed by atoms with Crippen LogP contribution in [0.15, 0.2) is 41.0 Å². The quantitative estimate of drug-likeness (QED) is 0.940. The first-order chi connectivity index (χ1) is 11.2. The van der Waals surface area contributed by atoms with E-state index in [4.69, 9.17) is 9.15 Å². The molecule has 1 aromatic carbocycles. The van der Waals surface area contributed by atoms with E-state index < -0.39 is 0 Å². The van der Waals surface area contributed by atoms with Crippen LogP contribution in [0.2, 0.25) is 0 Å². The highest BCUT2D eigenvalue weighted by atomic mass is 16.5. The summed E-state index contributed by atoms with van der Waals surface area (Å²) in [5.74, 6) is 0.605. The molecular weight excluding hydrogens is 294 g/mol. The number of carbonyl (C=O) groups excluding carboxylic acids is 1. The van der Waals surface area contributed by atoms with E-state index >= 15 is 0 Å². The van der Waals surface area contributed by atoms with Crippen LogP contribution in [0, 0.1) is 0 Å². The van der Waals surface area contributed by atoms with Crippen molar-refractivity contribution in [3.05, 3.63) is 42.3 Å². The molecule has 2 heterocycles. The Bertz CT molecular complexity index is 642. The predicted octanol–water partition coefficient (Wildman–Crippen LogP) is 2.31. The molecule has 2 aromatic rings. The third-order valence-electron chi connectivity index (χ3n) is 3.76. The van der Waals surface area contributed by atoms with Crippen LogP contribution in [0.5, 0.6) is 0 Å². The number of benzene rings is 1. The van der Waals surface area contributed by atoms with Gasteiger partial charge in [-0.1, -0.05) is 18.2 Å². The van der Waals surface area contributed by atoms with Crippen LogP contribution >= 0.6 is 0 Å². The lowest BCUT2D eigenvalue weighted by Gasteiger charge is -2.31. The predicted molar refractivity (Wildman–Crippen MR) is 86.0 cm³/mol. The van der Waals surface area contributed by atoms with Gasteiger partial charge in [0.1, 0.15) is 6.26 Å². The normalized spacial score (nSPS) is 18.0. The van der Waals surface area contributed by atoms with E-state index in [0.717, 1.165) is 11.3 Å². The third-order valence-corrected chi connectivity index (χ3v) is 3.76. The molecule has 1 saturated heterocycles. The molecule has 1 aliphatic heterocycles. The molecule has 0 unspecified atom stereocenters. The van der Waals surface area contributed by atoms with Crippen molar-refractivity contribution >= 4 is 6.03 Å². The van der Waals surface area contributed by atoms with Crippen molar-refractivity contribution < 1.29 is 13.9 Å². The number of nitrogens with zero attached hydrogens (tertiary/aromatic N) is 2. The first-order valence-electron chi connectivity index (χ1n) is 7.86. The summed E-state index contributed by atoms with van der Waals surface area (Å²) in [6, 6.07) is 9.71. The van der Waals surface area contributed by atoms with E-state index in [0.29, 0.717) is 38.6 Å². The fourth-order valence-electron chi connectivity index (χ4n) is 2.55. The van der Waals surface area contributed by atoms with Gasteiger partial charge in [0.25, 0.3) is 0 Å². The molecule has 122 valence electrons. The first kappa shape index (κ1) is 15.6. The molecule has 1 aliphatic rings. The number of nitrogens with one attached hydrogen (secondary N) is 1. The number of morpholine rings is 1. The summed E-state index contributed by atoms with van der Waals surface area (Å²) in [6.45, 7) is 4.37. The minimum absolute atomic E-state index is 0.0491. The van der Waals surface area contributed by atoms with Crippen LogP contribution in [-0.4, -0.2) is 48.3 Å². The topological polar surface area (TPSA) is 67.6 Å².